The Balaban J connectivity index is 0.00000523. The number of hydrogen-bond acceptors (Lipinski definition) is 8. The van der Waals surface area contributed by atoms with Gasteiger partial charge in [0.15, 0.2) is 12.3 Å². The molecule has 2 unspecified atom stereocenters. The first-order valence-electron chi connectivity index (χ1n) is 16.8. The standard InChI is InChI=1S/C39H40N2O8S2.H2O/c1-4-29(23-38-40(21-19-27(2)50(42,43)44)34-25-32(15-17-36(34)48-38)30-11-7-5-8-12-30)24-39-41(22-20-28(3)51(45,46)47)35-26-33(16-18-37(35)49-39)31-13-9-6-10-14-31;/h5-18,23-28H,4,19-22H2,1-3H3,(H-,42,43,44,45,46,47);1H2. The van der Waals surface area contributed by atoms with Crippen LogP contribution < -0.4 is 14.2 Å². The number of ether oxygens (including phenoxy) is 1. The molecule has 13 heteroatoms. The summed E-state index contributed by atoms with van der Waals surface area (Å²) in [7, 11) is -8.47. The van der Waals surface area contributed by atoms with Crippen LogP contribution in [0.3, 0.4) is 0 Å². The van der Waals surface area contributed by atoms with E-state index in [4.69, 9.17) is 9.15 Å². The minimum atomic E-state index is -4.24. The van der Waals surface area contributed by atoms with Gasteiger partial charge >= 0.3 is 5.89 Å². The third-order valence-corrected chi connectivity index (χ3v) is 11.7. The van der Waals surface area contributed by atoms with Gasteiger partial charge in [-0.1, -0.05) is 79.7 Å². The average molecular weight is 747 g/mol. The molecule has 0 radical (unpaired) electrons. The lowest BCUT2D eigenvalue weighted by atomic mass is 10.0. The van der Waals surface area contributed by atoms with Crippen molar-refractivity contribution >= 4 is 43.1 Å². The summed E-state index contributed by atoms with van der Waals surface area (Å²) >= 11 is 0. The van der Waals surface area contributed by atoms with Gasteiger partial charge in [-0.2, -0.15) is 21.4 Å². The van der Waals surface area contributed by atoms with Crippen LogP contribution in [0.1, 0.15) is 45.9 Å². The number of aromatic nitrogens is 1. The van der Waals surface area contributed by atoms with Crippen molar-refractivity contribution in [3.63, 3.8) is 0 Å². The van der Waals surface area contributed by atoms with Gasteiger partial charge in [-0.05, 0) is 72.7 Å². The molecule has 0 saturated heterocycles. The number of fused-ring (bicyclic) bond motifs is 2. The zero-order valence-electron chi connectivity index (χ0n) is 29.1. The molecule has 274 valence electrons. The topological polar surface area (TPSA) is 168 Å². The minimum Gasteiger partial charge on any atom is -0.870 e. The predicted molar refractivity (Wildman–Crippen MR) is 201 cm³/mol. The molecule has 5 aromatic rings. The summed E-state index contributed by atoms with van der Waals surface area (Å²) in [6.07, 6.45) is 4.64. The molecular weight excluding hydrogens is 705 g/mol. The van der Waals surface area contributed by atoms with Crippen LogP contribution in [0.5, 0.6) is 5.75 Å². The van der Waals surface area contributed by atoms with E-state index in [1.54, 1.807) is 0 Å². The van der Waals surface area contributed by atoms with E-state index in [9.17, 15) is 25.9 Å². The van der Waals surface area contributed by atoms with Crippen LogP contribution in [-0.4, -0.2) is 48.5 Å². The lowest BCUT2D eigenvalue weighted by molar-refractivity contribution is -0.678. The zero-order chi connectivity index (χ0) is 36.3. The van der Waals surface area contributed by atoms with Gasteiger partial charge in [-0.3, -0.25) is 9.11 Å². The van der Waals surface area contributed by atoms with E-state index in [1.165, 1.54) is 13.8 Å². The molecule has 52 heavy (non-hydrogen) atoms. The van der Waals surface area contributed by atoms with E-state index in [-0.39, 0.29) is 31.4 Å². The van der Waals surface area contributed by atoms with Crippen molar-refractivity contribution in [2.24, 2.45) is 0 Å². The summed E-state index contributed by atoms with van der Waals surface area (Å²) < 4.78 is 81.7. The second-order valence-corrected chi connectivity index (χ2v) is 16.4. The highest BCUT2D eigenvalue weighted by Gasteiger charge is 2.30. The number of benzene rings is 4. The second-order valence-electron chi connectivity index (χ2n) is 12.7. The van der Waals surface area contributed by atoms with Crippen molar-refractivity contribution in [1.29, 1.82) is 0 Å². The Labute approximate surface area is 304 Å². The van der Waals surface area contributed by atoms with E-state index in [0.29, 0.717) is 29.5 Å². The van der Waals surface area contributed by atoms with Gasteiger partial charge in [-0.15, -0.1) is 0 Å². The number of nitrogens with zero attached hydrogens (tertiary/aromatic N) is 2. The van der Waals surface area contributed by atoms with Gasteiger partial charge in [0.1, 0.15) is 0 Å². The van der Waals surface area contributed by atoms with Gasteiger partial charge in [-0.25, -0.2) is 0 Å². The largest absolute Gasteiger partial charge is 0.870 e. The van der Waals surface area contributed by atoms with Crippen molar-refractivity contribution < 1.29 is 45.1 Å². The Morgan fingerprint density at radius 3 is 1.96 bits per heavy atom. The number of oxazole rings is 1. The highest BCUT2D eigenvalue weighted by atomic mass is 32.2. The third-order valence-electron chi connectivity index (χ3n) is 9.24. The summed E-state index contributed by atoms with van der Waals surface area (Å²) in [6, 6.07) is 31.5. The highest BCUT2D eigenvalue weighted by Crippen LogP contribution is 2.42. The highest BCUT2D eigenvalue weighted by molar-refractivity contribution is 7.86. The van der Waals surface area contributed by atoms with Crippen molar-refractivity contribution in [3.05, 3.63) is 120 Å². The Morgan fingerprint density at radius 2 is 1.37 bits per heavy atom. The van der Waals surface area contributed by atoms with Crippen LogP contribution in [0, 0.1) is 0 Å². The predicted octanol–water partition coefficient (Wildman–Crippen LogP) is 7.74. The summed E-state index contributed by atoms with van der Waals surface area (Å²) in [5, 5.41) is -1.97. The van der Waals surface area contributed by atoms with Crippen molar-refractivity contribution in [2.45, 2.75) is 57.1 Å². The molecule has 1 aliphatic heterocycles. The Bertz CT molecular complexity index is 2320. The second kappa shape index (κ2) is 15.8. The zero-order valence-corrected chi connectivity index (χ0v) is 30.7. The molecule has 1 aromatic heterocycles. The van der Waals surface area contributed by atoms with Gasteiger partial charge in [0.25, 0.3) is 25.8 Å². The summed E-state index contributed by atoms with van der Waals surface area (Å²) in [5.41, 5.74) is 6.96. The van der Waals surface area contributed by atoms with E-state index in [2.05, 4.69) is 0 Å². The Hall–Kier alpha value is -4.79. The number of anilines is 1. The Morgan fingerprint density at radius 1 is 0.788 bits per heavy atom. The first-order chi connectivity index (χ1) is 24.3. The third kappa shape index (κ3) is 8.63. The van der Waals surface area contributed by atoms with Gasteiger partial charge in [0.2, 0.25) is 11.5 Å². The van der Waals surface area contributed by atoms with Gasteiger partial charge in [0.05, 0.1) is 22.3 Å². The van der Waals surface area contributed by atoms with Crippen molar-refractivity contribution in [3.8, 4) is 28.0 Å². The van der Waals surface area contributed by atoms with Crippen LogP contribution in [0.4, 0.5) is 5.69 Å². The normalized spacial score (nSPS) is 15.3. The molecule has 4 aromatic carbocycles. The molecule has 0 amide bonds. The van der Waals surface area contributed by atoms with E-state index >= 15 is 0 Å². The lowest BCUT2D eigenvalue weighted by Crippen LogP contribution is -2.37. The fourth-order valence-electron chi connectivity index (χ4n) is 5.98. The monoisotopic (exact) mass is 746 g/mol. The van der Waals surface area contributed by atoms with Gasteiger partial charge in [0, 0.05) is 25.1 Å². The number of aryl methyl sites for hydroxylation is 1. The molecule has 0 saturated carbocycles. The molecule has 0 aliphatic carbocycles. The smallest absolute Gasteiger partial charge is 0.374 e. The maximum absolute atomic E-state index is 11.9. The van der Waals surface area contributed by atoms with Crippen molar-refractivity contribution in [2.75, 3.05) is 11.4 Å². The molecular formula is C39H42N2O9S2. The van der Waals surface area contributed by atoms with Crippen LogP contribution in [0.25, 0.3) is 39.4 Å². The first kappa shape index (κ1) is 38.4. The minimum absolute atomic E-state index is 0. The summed E-state index contributed by atoms with van der Waals surface area (Å²) in [4.78, 5) is 1.92. The lowest BCUT2D eigenvalue weighted by Gasteiger charge is -2.20. The number of rotatable bonds is 13. The molecule has 1 aliphatic rings. The van der Waals surface area contributed by atoms with E-state index in [0.717, 1.165) is 39.0 Å². The molecule has 6 rings (SSSR count). The quantitative estimate of drug-likeness (QED) is 0.0898. The molecule has 0 fully saturated rings. The maximum Gasteiger partial charge on any atom is 0.374 e. The van der Waals surface area contributed by atoms with Crippen LogP contribution in [0.15, 0.2) is 119 Å². The summed E-state index contributed by atoms with van der Waals surface area (Å²) in [6.45, 7) is 5.45. The van der Waals surface area contributed by atoms with Crippen LogP contribution in [-0.2, 0) is 26.8 Å². The molecule has 11 nitrogen and oxygen atoms in total. The molecule has 2 heterocycles. The number of allylic oxidation sites excluding steroid dienone is 2. The molecule has 0 spiro atoms. The first-order valence-corrected chi connectivity index (χ1v) is 19.8. The molecule has 3 N–H and O–H groups in total. The van der Waals surface area contributed by atoms with Gasteiger partial charge < -0.3 is 19.5 Å². The number of hydrogen-bond donors (Lipinski definition) is 2. The van der Waals surface area contributed by atoms with Crippen LogP contribution in [0.2, 0.25) is 0 Å². The Kier molecular flexibility index (Phi) is 11.7. The van der Waals surface area contributed by atoms with E-state index in [1.807, 2.05) is 126 Å². The molecule has 0 bridgehead atoms. The summed E-state index contributed by atoms with van der Waals surface area (Å²) in [5.74, 6) is 1.59. The molecule has 2 atom stereocenters. The SMILES string of the molecule is CCC(=Cc1oc2ccc(-c3ccccc3)cc2[n+]1CCC(C)S(=O)(=O)O)C=C1Oc2ccc(-c3ccccc3)cc2N1CCC(C)S(=O)(=O)O.[OH-]. The average Bonchev–Trinajstić information content (AvgIpc) is 3.64. The maximum atomic E-state index is 11.9. The van der Waals surface area contributed by atoms with Crippen LogP contribution >= 0.6 is 0 Å². The fourth-order valence-corrected chi connectivity index (χ4v) is 6.79. The van der Waals surface area contributed by atoms with E-state index < -0.39 is 30.7 Å². The van der Waals surface area contributed by atoms with Crippen molar-refractivity contribution in [1.82, 2.24) is 0 Å². The fraction of sp³-hybridized carbons (Fsp3) is 0.256.